The molecule has 0 saturated heterocycles. The molecule has 0 aromatic rings. The first-order chi connectivity index (χ1) is 5.27. The minimum Gasteiger partial charge on any atom is -0.389 e. The van der Waals surface area contributed by atoms with E-state index in [2.05, 4.69) is 4.72 Å². The highest BCUT2D eigenvalue weighted by atomic mass is 32.2. The van der Waals surface area contributed by atoms with E-state index < -0.39 is 21.4 Å². The monoisotopic (exact) mass is 192 g/mol. The van der Waals surface area contributed by atoms with Crippen molar-refractivity contribution in [2.75, 3.05) is 12.3 Å². The molecule has 0 aliphatic rings. The van der Waals surface area contributed by atoms with Gasteiger partial charge in [0.1, 0.15) is 0 Å². The maximum atomic E-state index is 10.8. The first kappa shape index (κ1) is 11.4. The van der Waals surface area contributed by atoms with Gasteiger partial charge in [-0.05, 0) is 13.8 Å². The van der Waals surface area contributed by atoms with Crippen LogP contribution in [0.15, 0.2) is 0 Å². The second-order valence-electron chi connectivity index (χ2n) is 3.05. The Labute approximate surface area is 72.1 Å². The summed E-state index contributed by atoms with van der Waals surface area (Å²) in [6, 6.07) is 1.51. The quantitative estimate of drug-likeness (QED) is 0.610. The van der Waals surface area contributed by atoms with Crippen LogP contribution >= 0.6 is 0 Å². The molecular formula is C6H12N2O3S. The van der Waals surface area contributed by atoms with Gasteiger partial charge in [-0.3, -0.25) is 0 Å². The molecule has 0 unspecified atom stereocenters. The molecule has 0 aromatic carbocycles. The van der Waals surface area contributed by atoms with Crippen molar-refractivity contribution in [3.8, 4) is 6.07 Å². The molecule has 0 spiro atoms. The van der Waals surface area contributed by atoms with Gasteiger partial charge in [-0.25, -0.2) is 13.1 Å². The van der Waals surface area contributed by atoms with Crippen molar-refractivity contribution >= 4 is 10.0 Å². The molecule has 5 nitrogen and oxygen atoms in total. The molecular weight excluding hydrogens is 180 g/mol. The second-order valence-corrected chi connectivity index (χ2v) is 4.86. The van der Waals surface area contributed by atoms with E-state index in [0.717, 1.165) is 0 Å². The van der Waals surface area contributed by atoms with E-state index in [0.29, 0.717) is 0 Å². The van der Waals surface area contributed by atoms with E-state index in [1.807, 2.05) is 0 Å². The van der Waals surface area contributed by atoms with Crippen LogP contribution in [0.5, 0.6) is 0 Å². The third-order valence-electron chi connectivity index (χ3n) is 0.979. The van der Waals surface area contributed by atoms with Crippen molar-refractivity contribution in [2.24, 2.45) is 0 Å². The molecule has 0 heterocycles. The van der Waals surface area contributed by atoms with Gasteiger partial charge in [-0.15, -0.1) is 0 Å². The lowest BCUT2D eigenvalue weighted by Gasteiger charge is -2.16. The minimum absolute atomic E-state index is 0.0863. The average molecular weight is 192 g/mol. The summed E-state index contributed by atoms with van der Waals surface area (Å²) in [4.78, 5) is 0. The molecule has 0 bridgehead atoms. The van der Waals surface area contributed by atoms with Crippen LogP contribution in [0.3, 0.4) is 0 Å². The lowest BCUT2D eigenvalue weighted by molar-refractivity contribution is 0.0857. The normalized spacial score (nSPS) is 12.5. The molecule has 0 saturated carbocycles. The standard InChI is InChI=1S/C6H12N2O3S/c1-6(2,9)5-8-12(10,11)4-3-7/h8-9H,4-5H2,1-2H3. The maximum Gasteiger partial charge on any atom is 0.225 e. The lowest BCUT2D eigenvalue weighted by Crippen LogP contribution is -2.38. The third kappa shape index (κ3) is 6.09. The summed E-state index contributed by atoms with van der Waals surface area (Å²) >= 11 is 0. The lowest BCUT2D eigenvalue weighted by atomic mass is 10.1. The number of aliphatic hydroxyl groups is 1. The van der Waals surface area contributed by atoms with Crippen LogP contribution < -0.4 is 4.72 Å². The highest BCUT2D eigenvalue weighted by Gasteiger charge is 2.17. The number of nitriles is 1. The van der Waals surface area contributed by atoms with E-state index >= 15 is 0 Å². The highest BCUT2D eigenvalue weighted by Crippen LogP contribution is 1.98. The van der Waals surface area contributed by atoms with Crippen LogP contribution in [0, 0.1) is 11.3 Å². The number of rotatable bonds is 4. The molecule has 0 rings (SSSR count). The molecule has 0 radical (unpaired) electrons. The van der Waals surface area contributed by atoms with E-state index in [-0.39, 0.29) is 6.54 Å². The fraction of sp³-hybridized carbons (Fsp3) is 0.833. The summed E-state index contributed by atoms with van der Waals surface area (Å²) < 4.78 is 23.8. The minimum atomic E-state index is -3.54. The van der Waals surface area contributed by atoms with E-state index in [4.69, 9.17) is 10.4 Å². The number of hydrogen-bond donors (Lipinski definition) is 2. The molecule has 0 fully saturated rings. The highest BCUT2D eigenvalue weighted by molar-refractivity contribution is 7.89. The predicted octanol–water partition coefficient (Wildman–Crippen LogP) is -0.800. The van der Waals surface area contributed by atoms with Crippen molar-refractivity contribution in [1.82, 2.24) is 4.72 Å². The molecule has 0 aromatic heterocycles. The predicted molar refractivity (Wildman–Crippen MR) is 43.7 cm³/mol. The summed E-state index contributed by atoms with van der Waals surface area (Å²) in [5.74, 6) is -0.580. The number of sulfonamides is 1. The van der Waals surface area contributed by atoms with Gasteiger partial charge in [-0.1, -0.05) is 0 Å². The van der Waals surface area contributed by atoms with Gasteiger partial charge >= 0.3 is 0 Å². The molecule has 0 aliphatic carbocycles. The molecule has 70 valence electrons. The molecule has 2 N–H and O–H groups in total. The van der Waals surface area contributed by atoms with Crippen molar-refractivity contribution in [2.45, 2.75) is 19.4 Å². The summed E-state index contributed by atoms with van der Waals surface area (Å²) in [5.41, 5.74) is -1.09. The van der Waals surface area contributed by atoms with Gasteiger partial charge in [-0.2, -0.15) is 5.26 Å². The van der Waals surface area contributed by atoms with Gasteiger partial charge in [0.2, 0.25) is 10.0 Å². The first-order valence-electron chi connectivity index (χ1n) is 3.33. The second kappa shape index (κ2) is 3.85. The Hall–Kier alpha value is -0.640. The largest absolute Gasteiger partial charge is 0.389 e. The van der Waals surface area contributed by atoms with Gasteiger partial charge in [0.25, 0.3) is 0 Å². The third-order valence-corrected chi connectivity index (χ3v) is 2.07. The van der Waals surface area contributed by atoms with Crippen molar-refractivity contribution in [1.29, 1.82) is 5.26 Å². The smallest absolute Gasteiger partial charge is 0.225 e. The maximum absolute atomic E-state index is 10.8. The van der Waals surface area contributed by atoms with Crippen LogP contribution in [0.1, 0.15) is 13.8 Å². The van der Waals surface area contributed by atoms with E-state index in [1.54, 1.807) is 0 Å². The summed E-state index contributed by atoms with van der Waals surface area (Å²) in [6.45, 7) is 2.86. The molecule has 0 atom stereocenters. The summed E-state index contributed by atoms with van der Waals surface area (Å²) in [5, 5.41) is 17.2. The van der Waals surface area contributed by atoms with Crippen molar-refractivity contribution < 1.29 is 13.5 Å². The number of nitrogens with zero attached hydrogens (tertiary/aromatic N) is 1. The Bertz CT molecular complexity index is 270. The first-order valence-corrected chi connectivity index (χ1v) is 4.99. The van der Waals surface area contributed by atoms with Crippen LogP contribution in [-0.2, 0) is 10.0 Å². The molecule has 0 aliphatic heterocycles. The topological polar surface area (TPSA) is 90.2 Å². The van der Waals surface area contributed by atoms with Gasteiger partial charge in [0.05, 0.1) is 11.7 Å². The Morgan fingerprint density at radius 1 is 1.58 bits per heavy atom. The van der Waals surface area contributed by atoms with Crippen molar-refractivity contribution in [3.05, 3.63) is 0 Å². The van der Waals surface area contributed by atoms with Crippen LogP contribution in [0.25, 0.3) is 0 Å². The van der Waals surface area contributed by atoms with Crippen LogP contribution in [-0.4, -0.2) is 31.4 Å². The molecule has 6 heteroatoms. The van der Waals surface area contributed by atoms with Crippen molar-refractivity contribution in [3.63, 3.8) is 0 Å². The fourth-order valence-electron chi connectivity index (χ4n) is 0.423. The zero-order chi connectivity index (χ0) is 9.83. The zero-order valence-electron chi connectivity index (χ0n) is 7.03. The Balaban J connectivity index is 4.05. The summed E-state index contributed by atoms with van der Waals surface area (Å²) in [6.07, 6.45) is 0. The fourth-order valence-corrected chi connectivity index (χ4v) is 1.27. The van der Waals surface area contributed by atoms with Gasteiger partial charge in [0, 0.05) is 6.54 Å². The van der Waals surface area contributed by atoms with Crippen LogP contribution in [0.2, 0.25) is 0 Å². The van der Waals surface area contributed by atoms with Crippen LogP contribution in [0.4, 0.5) is 0 Å². The Morgan fingerprint density at radius 2 is 2.08 bits per heavy atom. The number of nitrogens with one attached hydrogen (secondary N) is 1. The Morgan fingerprint density at radius 3 is 2.42 bits per heavy atom. The molecule has 12 heavy (non-hydrogen) atoms. The summed E-state index contributed by atoms with van der Waals surface area (Å²) in [7, 11) is -3.54. The average Bonchev–Trinajstić information content (AvgIpc) is 1.83. The van der Waals surface area contributed by atoms with E-state index in [9.17, 15) is 8.42 Å². The zero-order valence-corrected chi connectivity index (χ0v) is 7.85. The number of hydrogen-bond acceptors (Lipinski definition) is 4. The van der Waals surface area contributed by atoms with E-state index in [1.165, 1.54) is 19.9 Å². The van der Waals surface area contributed by atoms with Gasteiger partial charge < -0.3 is 5.11 Å². The SMILES string of the molecule is CC(C)(O)CNS(=O)(=O)CC#N. The molecule has 0 amide bonds. The van der Waals surface area contributed by atoms with Gasteiger partial charge in [0.15, 0.2) is 5.75 Å². The Kier molecular flexibility index (Phi) is 3.64.